The highest BCUT2D eigenvalue weighted by atomic mass is 35.5. The van der Waals surface area contributed by atoms with Crippen LogP contribution in [-0.4, -0.2) is 230 Å². The molecule has 4 fully saturated rings. The molecule has 27 nitrogen and oxygen atoms in total. The fourth-order valence-corrected chi connectivity index (χ4v) is 17.1. The lowest BCUT2D eigenvalue weighted by Crippen LogP contribution is -2.63. The van der Waals surface area contributed by atoms with Gasteiger partial charge in [-0.1, -0.05) is 139 Å². The third kappa shape index (κ3) is 24.5. The lowest BCUT2D eigenvalue weighted by atomic mass is 9.83. The maximum Gasteiger partial charge on any atom is 0.409 e. The second-order valence-electron chi connectivity index (χ2n) is 30.8. The van der Waals surface area contributed by atoms with E-state index < -0.39 is 131 Å². The van der Waals surface area contributed by atoms with Crippen molar-refractivity contribution in [2.24, 2.45) is 11.8 Å². The van der Waals surface area contributed by atoms with Crippen LogP contribution in [0.3, 0.4) is 0 Å². The maximum atomic E-state index is 14.2. The van der Waals surface area contributed by atoms with E-state index >= 15 is 0 Å². The molecule has 5 amide bonds. The Balaban J connectivity index is 0.000000354. The van der Waals surface area contributed by atoms with Crippen LogP contribution >= 0.6 is 44.8 Å². The van der Waals surface area contributed by atoms with Gasteiger partial charge >= 0.3 is 30.1 Å². The second-order valence-corrected chi connectivity index (χ2v) is 38.1. The van der Waals surface area contributed by atoms with Crippen molar-refractivity contribution in [1.82, 2.24) is 20.9 Å². The number of aliphatic hydroxyl groups is 2. The predicted octanol–water partition coefficient (Wildman–Crippen LogP) is 11.3. The van der Waals surface area contributed by atoms with Crippen LogP contribution in [-0.2, 0) is 100 Å². The monoisotopic (exact) mass is 1680 g/mol. The van der Waals surface area contributed by atoms with Crippen LogP contribution in [0.4, 0.5) is 21.0 Å². The van der Waals surface area contributed by atoms with E-state index in [2.05, 4.69) is 29.8 Å². The molecule has 2 aromatic rings. The van der Waals surface area contributed by atoms with Crippen molar-refractivity contribution in [2.75, 3.05) is 78.9 Å². The summed E-state index contributed by atoms with van der Waals surface area (Å²) in [6.45, 7) is 22.4. The molecule has 6 aliphatic heterocycles. The summed E-state index contributed by atoms with van der Waals surface area (Å²) in [7, 11) is 15.4. The van der Waals surface area contributed by atoms with Gasteiger partial charge in [-0.25, -0.2) is 14.4 Å². The van der Waals surface area contributed by atoms with Crippen LogP contribution in [0, 0.1) is 11.8 Å². The standard InChI is InChI=1S/C39H56ClN3O10S2.C32H44ClN3O9.C7H14O2S2.CH4/c1-22-13-12-14-29(50-10)39(48)21-28(51-36(47)41-39)23(2)34-38(6,53-34)30(20-32(45)43(8)26-18-25(17-22)19-27(49-9)33(26)40)52-35(46)24(3)42(7)31(44)15-16-37(4,5)55-54-11;1-17-10-9-11-24(42-8)32(40)16-23(43-30(39)35-32)18(2)28-31(4,45-28)25(44-29(38)19(3)34-5)15-26(37)36(6)21-13-20(12-17)14-22(41-7)27(21)33;1-7(2,11(3)10)5-4-6(8)9;/h12-14,18-19,23-24,28-30,34,48H,15-17,20-21H2,1-11H3,(H,41,47);9-11,13-14,18-19,23-25,28,34,40H,12,15-16H2,1-8H3,(H,35,39);4-5H2,1-3H3,(H,8,9);1H4/b14-12+,22-13+;11-9+,17-10+;;/t23-,24+,28+,29-,30+,34?,38+,39+;18-,19+,23+,24-,25+,28?,31+,32+;;/m11../s1. The number of hydrogen-bond donors (Lipinski definition) is 6. The third-order valence-corrected chi connectivity index (χ3v) is 28.0. The molecular formula is C79H118Cl2N6O21S4. The fraction of sp³-hybridized carbons (Fsp3) is 0.646. The molecule has 0 aromatic heterocycles. The summed E-state index contributed by atoms with van der Waals surface area (Å²) in [6, 6.07) is 5.61. The van der Waals surface area contributed by atoms with Gasteiger partial charge in [0.05, 0.1) is 50.6 Å². The number of benzene rings is 2. The molecule has 33 heteroatoms. The number of carbonyl (C=O) groups is 8. The number of carbonyl (C=O) groups excluding carboxylic acids is 7. The Morgan fingerprint density at radius 2 is 1.14 bits per heavy atom. The summed E-state index contributed by atoms with van der Waals surface area (Å²) < 4.78 is 58.0. The van der Waals surface area contributed by atoms with Crippen molar-refractivity contribution in [3.8, 4) is 11.5 Å². The lowest BCUT2D eigenvalue weighted by molar-refractivity contribution is -0.162. The van der Waals surface area contributed by atoms with Gasteiger partial charge in [-0.05, 0) is 136 Å². The number of nitrogens with zero attached hydrogens (tertiary/aromatic N) is 3. The Hall–Kier alpha value is -6.07. The van der Waals surface area contributed by atoms with Gasteiger partial charge in [-0.2, -0.15) is 0 Å². The molecule has 6 N–H and O–H groups in total. The molecule has 628 valence electrons. The predicted molar refractivity (Wildman–Crippen MR) is 441 cm³/mol. The van der Waals surface area contributed by atoms with Crippen LogP contribution in [0.2, 0.25) is 10.0 Å². The van der Waals surface area contributed by atoms with E-state index in [1.807, 2.05) is 72.3 Å². The molecule has 8 rings (SSSR count). The summed E-state index contributed by atoms with van der Waals surface area (Å²) in [5, 5.41) is 40.2. The molecule has 17 atom stereocenters. The van der Waals surface area contributed by atoms with Crippen LogP contribution in [0.25, 0.3) is 0 Å². The molecule has 0 radical (unpaired) electrons. The van der Waals surface area contributed by atoms with Crippen molar-refractivity contribution in [3.63, 3.8) is 0 Å². The second kappa shape index (κ2) is 40.7. The molecule has 112 heavy (non-hydrogen) atoms. The van der Waals surface area contributed by atoms with E-state index in [9.17, 15) is 48.6 Å². The number of methoxy groups -OCH3 is 4. The van der Waals surface area contributed by atoms with Gasteiger partial charge in [0, 0.05) is 82.4 Å². The highest BCUT2D eigenvalue weighted by Gasteiger charge is 2.66. The molecule has 6 aliphatic rings. The first kappa shape index (κ1) is 96.5. The van der Waals surface area contributed by atoms with Gasteiger partial charge in [0.15, 0.2) is 11.4 Å². The quantitative estimate of drug-likeness (QED) is 0.0329. The number of amides is 5. The number of anilines is 2. The van der Waals surface area contributed by atoms with Crippen molar-refractivity contribution < 1.29 is 101 Å². The number of likely N-dealkylation sites (N-methyl/N-ethyl adjacent to an activating group) is 2. The number of nitrogens with one attached hydrogen (secondary N) is 3. The van der Waals surface area contributed by atoms with E-state index in [0.29, 0.717) is 48.6 Å². The molecular weight excluding hydrogens is 1570 g/mol. The van der Waals surface area contributed by atoms with E-state index in [-0.39, 0.29) is 86.8 Å². The largest absolute Gasteiger partial charge is 0.495 e. The van der Waals surface area contributed by atoms with Crippen molar-refractivity contribution in [2.45, 2.75) is 248 Å². The van der Waals surface area contributed by atoms with Crippen molar-refractivity contribution in [3.05, 3.63) is 93.0 Å². The van der Waals surface area contributed by atoms with Gasteiger partial charge < -0.3 is 82.7 Å². The first-order valence-electron chi connectivity index (χ1n) is 36.6. The number of carboxylic acids is 1. The molecule has 0 aliphatic carbocycles. The van der Waals surface area contributed by atoms with Gasteiger partial charge in [0.25, 0.3) is 0 Å². The summed E-state index contributed by atoms with van der Waals surface area (Å²) in [5.74, 6) is -3.21. The SMILES string of the molecule is C.CN[C@@H](C)C(=O)O[C@H]1CC(=O)N(C)c2cc(cc(OC)c2Cl)C/C(C)=C/C=C/[C@@H](OC)[C@@]2(O)C[C@H](OC(=O)N2)[C@@H](C)C2O[C@]21C.COc1cc2cc(c1Cl)N(C)C(=O)C[C@H](OC(=O)[C@H](C)N(C)C(=O)CCC(C)(C)SSC)[C@]1(C)OC1[C@H](C)[C@@H]1C[C@@](O)(NC(=O)O1)[C@H](OC)/C=C/C=C(\C)C2.CS(=S)C(C)(C)CCC(=O)O. The molecule has 3 unspecified atom stereocenters. The molecule has 0 spiro atoms. The maximum absolute atomic E-state index is 14.2. The Morgan fingerprint density at radius 1 is 0.732 bits per heavy atom. The van der Waals surface area contributed by atoms with Crippen LogP contribution in [0.5, 0.6) is 11.5 Å². The number of epoxide rings is 2. The molecule has 8 bridgehead atoms. The zero-order chi connectivity index (χ0) is 83.4. The number of rotatable bonds is 19. The van der Waals surface area contributed by atoms with Crippen LogP contribution < -0.4 is 35.2 Å². The lowest BCUT2D eigenvalue weighted by Gasteiger charge is -2.42. The van der Waals surface area contributed by atoms with E-state index in [0.717, 1.165) is 22.3 Å². The van der Waals surface area contributed by atoms with E-state index in [1.54, 1.807) is 120 Å². The first-order chi connectivity index (χ1) is 51.7. The van der Waals surface area contributed by atoms with Gasteiger partial charge in [0.2, 0.25) is 17.7 Å². The number of aliphatic carboxylic acids is 1. The van der Waals surface area contributed by atoms with Gasteiger partial charge in [-0.15, -0.1) is 9.45 Å². The highest BCUT2D eigenvalue weighted by molar-refractivity contribution is 8.76. The summed E-state index contributed by atoms with van der Waals surface area (Å²) in [4.78, 5) is 108. The topological polar surface area (TPSA) is 342 Å². The summed E-state index contributed by atoms with van der Waals surface area (Å²) in [6.07, 6.45) is 8.19. The summed E-state index contributed by atoms with van der Waals surface area (Å²) in [5.41, 5.74) is -1.55. The average molecular weight is 1690 g/mol. The van der Waals surface area contributed by atoms with Crippen molar-refractivity contribution >= 4 is 125 Å². The average Bonchev–Trinajstić information content (AvgIpc) is 1.58. The number of allylic oxidation sites excluding steroid dienone is 6. The minimum Gasteiger partial charge on any atom is -0.495 e. The highest BCUT2D eigenvalue weighted by Crippen LogP contribution is 2.52. The number of ether oxygens (including phenoxy) is 10. The number of alkyl carbamates (subject to hydrolysis) is 2. The fourth-order valence-electron chi connectivity index (χ4n) is 13.6. The third-order valence-electron chi connectivity index (χ3n) is 21.5. The Morgan fingerprint density at radius 3 is 1.51 bits per heavy atom. The zero-order valence-electron chi connectivity index (χ0n) is 67.7. The van der Waals surface area contributed by atoms with E-state index in [4.69, 9.17) is 86.9 Å². The van der Waals surface area contributed by atoms with Crippen LogP contribution in [0.1, 0.15) is 153 Å². The molecule has 0 saturated carbocycles. The number of halogens is 2. The minimum atomic E-state index is -1.83. The van der Waals surface area contributed by atoms with Crippen molar-refractivity contribution in [1.29, 1.82) is 0 Å². The molecule has 6 heterocycles. The normalized spacial score (nSPS) is 30.5. The minimum absolute atomic E-state index is 0. The van der Waals surface area contributed by atoms with E-state index in [1.165, 1.54) is 43.1 Å². The van der Waals surface area contributed by atoms with Gasteiger partial charge in [-0.3, -0.25) is 34.6 Å². The Bertz CT molecular complexity index is 3870. The molecule has 4 saturated heterocycles. The number of esters is 2. The summed E-state index contributed by atoms with van der Waals surface area (Å²) >= 11 is 18.6. The first-order valence-corrected chi connectivity index (χ1v) is 42.5. The Kier molecular flexibility index (Phi) is 35.0. The number of hydrogen-bond acceptors (Lipinski definition) is 24. The number of fused-ring (bicyclic) bond motifs is 10. The molecule has 2 aromatic carbocycles. The number of carboxylic acid groups (broad SMARTS) is 1. The Labute approximate surface area is 685 Å². The zero-order valence-corrected chi connectivity index (χ0v) is 72.5. The van der Waals surface area contributed by atoms with Crippen LogP contribution in [0.15, 0.2) is 71.9 Å². The smallest absolute Gasteiger partial charge is 0.409 e. The van der Waals surface area contributed by atoms with Gasteiger partial charge in [0.1, 0.15) is 81.5 Å².